The Hall–Kier alpha value is -3.18. The molecule has 0 unspecified atom stereocenters. The number of aromatic nitrogens is 2. The third-order valence-corrected chi connectivity index (χ3v) is 5.79. The molecule has 4 aromatic rings. The van der Waals surface area contributed by atoms with Crippen LogP contribution in [0.1, 0.15) is 37.5 Å². The maximum absolute atomic E-state index is 4.12. The van der Waals surface area contributed by atoms with Crippen molar-refractivity contribution in [3.05, 3.63) is 94.9 Å². The molecule has 3 aromatic carbocycles. The van der Waals surface area contributed by atoms with Gasteiger partial charge < -0.3 is 10.6 Å². The number of hydrogen-bond donors (Lipinski definition) is 2. The monoisotopic (exact) mass is 428 g/mol. The molecule has 0 aliphatic heterocycles. The first-order chi connectivity index (χ1) is 15.0. The van der Waals surface area contributed by atoms with E-state index >= 15 is 0 Å². The number of rotatable bonds is 7. The number of benzene rings is 3. The molecule has 4 rings (SSSR count). The van der Waals surface area contributed by atoms with Gasteiger partial charge in [-0.1, -0.05) is 79.9 Å². The summed E-state index contributed by atoms with van der Waals surface area (Å²) in [5, 5.41) is 13.1. The van der Waals surface area contributed by atoms with Gasteiger partial charge in [-0.25, -0.2) is 0 Å². The first-order valence-corrected chi connectivity index (χ1v) is 11.3. The van der Waals surface area contributed by atoms with E-state index in [1.807, 2.05) is 5.38 Å². The minimum Gasteiger partial charge on any atom is -0.381 e. The van der Waals surface area contributed by atoms with Gasteiger partial charge in [-0.05, 0) is 51.8 Å². The molecule has 5 heteroatoms. The standard InChI is InChI=1S/C26H28N4S/c1-26(2,3)22-13-9-20(10-14-22)17-28-24-6-4-5-23(15-24)27-16-19-7-11-21(12-8-19)25-18-31-30-29-25/h4-15,18,27-28H,16-17H2,1-3H3. The number of anilines is 2. The van der Waals surface area contributed by atoms with Gasteiger partial charge in [0.1, 0.15) is 5.69 Å². The zero-order valence-electron chi connectivity index (χ0n) is 18.2. The Balaban J connectivity index is 1.32. The van der Waals surface area contributed by atoms with Gasteiger partial charge in [0.2, 0.25) is 0 Å². The Morgan fingerprint density at radius 2 is 1.35 bits per heavy atom. The average Bonchev–Trinajstić information content (AvgIpc) is 3.32. The lowest BCUT2D eigenvalue weighted by Gasteiger charge is -2.19. The van der Waals surface area contributed by atoms with Crippen LogP contribution >= 0.6 is 11.5 Å². The van der Waals surface area contributed by atoms with Gasteiger partial charge in [0.25, 0.3) is 0 Å². The highest BCUT2D eigenvalue weighted by molar-refractivity contribution is 7.03. The van der Waals surface area contributed by atoms with Gasteiger partial charge in [0, 0.05) is 35.4 Å². The van der Waals surface area contributed by atoms with Crippen LogP contribution in [-0.4, -0.2) is 9.59 Å². The van der Waals surface area contributed by atoms with Crippen molar-refractivity contribution in [3.8, 4) is 11.3 Å². The van der Waals surface area contributed by atoms with E-state index in [-0.39, 0.29) is 5.41 Å². The smallest absolute Gasteiger partial charge is 0.105 e. The number of hydrogen-bond acceptors (Lipinski definition) is 5. The van der Waals surface area contributed by atoms with Crippen LogP contribution in [0, 0.1) is 0 Å². The largest absolute Gasteiger partial charge is 0.381 e. The van der Waals surface area contributed by atoms with E-state index in [0.717, 1.165) is 35.7 Å². The lowest BCUT2D eigenvalue weighted by Crippen LogP contribution is -2.11. The van der Waals surface area contributed by atoms with Crippen LogP contribution in [0.4, 0.5) is 11.4 Å². The van der Waals surface area contributed by atoms with Crippen molar-refractivity contribution in [2.45, 2.75) is 39.3 Å². The normalized spacial score (nSPS) is 11.3. The quantitative estimate of drug-likeness (QED) is 0.343. The molecular formula is C26H28N4S. The van der Waals surface area contributed by atoms with Crippen molar-refractivity contribution >= 4 is 22.9 Å². The zero-order chi connectivity index (χ0) is 21.7. The minimum atomic E-state index is 0.185. The minimum absolute atomic E-state index is 0.185. The molecule has 31 heavy (non-hydrogen) atoms. The summed E-state index contributed by atoms with van der Waals surface area (Å²) < 4.78 is 3.93. The fourth-order valence-corrected chi connectivity index (χ4v) is 3.82. The molecule has 0 bridgehead atoms. The first-order valence-electron chi connectivity index (χ1n) is 10.5. The van der Waals surface area contributed by atoms with Gasteiger partial charge in [-0.15, -0.1) is 5.10 Å². The summed E-state index contributed by atoms with van der Waals surface area (Å²) in [7, 11) is 0. The van der Waals surface area contributed by atoms with Gasteiger partial charge in [0.15, 0.2) is 0 Å². The molecule has 0 aliphatic carbocycles. The van der Waals surface area contributed by atoms with Crippen LogP contribution in [0.25, 0.3) is 11.3 Å². The molecule has 0 atom stereocenters. The van der Waals surface area contributed by atoms with E-state index in [2.05, 4.69) is 114 Å². The third-order valence-electron chi connectivity index (χ3n) is 5.29. The molecule has 0 saturated heterocycles. The van der Waals surface area contributed by atoms with Crippen molar-refractivity contribution in [2.75, 3.05) is 10.6 Å². The van der Waals surface area contributed by atoms with E-state index in [9.17, 15) is 0 Å². The van der Waals surface area contributed by atoms with E-state index in [0.29, 0.717) is 0 Å². The molecule has 4 nitrogen and oxygen atoms in total. The summed E-state index contributed by atoms with van der Waals surface area (Å²) in [5.41, 5.74) is 8.28. The van der Waals surface area contributed by atoms with E-state index in [4.69, 9.17) is 0 Å². The zero-order valence-corrected chi connectivity index (χ0v) is 19.0. The van der Waals surface area contributed by atoms with E-state index < -0.39 is 0 Å². The summed E-state index contributed by atoms with van der Waals surface area (Å²) in [6, 6.07) is 25.7. The third kappa shape index (κ3) is 5.70. The average molecular weight is 429 g/mol. The molecule has 0 aliphatic rings. The van der Waals surface area contributed by atoms with Crippen LogP contribution in [0.15, 0.2) is 78.2 Å². The molecule has 1 aromatic heterocycles. The topological polar surface area (TPSA) is 49.8 Å². The van der Waals surface area contributed by atoms with Crippen LogP contribution in [-0.2, 0) is 18.5 Å². The molecule has 2 N–H and O–H groups in total. The SMILES string of the molecule is CC(C)(C)c1ccc(CNc2cccc(NCc3ccc(-c4csnn4)cc3)c2)cc1. The molecule has 1 heterocycles. The number of nitrogens with one attached hydrogen (secondary N) is 2. The fourth-order valence-electron chi connectivity index (χ4n) is 3.35. The highest BCUT2D eigenvalue weighted by Gasteiger charge is 2.12. The predicted octanol–water partition coefficient (Wildman–Crippen LogP) is 6.73. The van der Waals surface area contributed by atoms with E-state index in [1.165, 1.54) is 28.2 Å². The predicted molar refractivity (Wildman–Crippen MR) is 132 cm³/mol. The van der Waals surface area contributed by atoms with Crippen molar-refractivity contribution < 1.29 is 0 Å². The van der Waals surface area contributed by atoms with E-state index in [1.54, 1.807) is 0 Å². The van der Waals surface area contributed by atoms with Gasteiger partial charge in [0.05, 0.1) is 0 Å². The second-order valence-electron chi connectivity index (χ2n) is 8.72. The molecular weight excluding hydrogens is 400 g/mol. The van der Waals surface area contributed by atoms with Crippen LogP contribution < -0.4 is 10.6 Å². The second kappa shape index (κ2) is 9.31. The second-order valence-corrected chi connectivity index (χ2v) is 9.33. The molecule has 0 saturated carbocycles. The lowest BCUT2D eigenvalue weighted by atomic mass is 9.87. The Bertz CT molecular complexity index is 1100. The molecule has 0 amide bonds. The maximum atomic E-state index is 4.12. The highest BCUT2D eigenvalue weighted by Crippen LogP contribution is 2.23. The summed E-state index contributed by atoms with van der Waals surface area (Å²) in [5.74, 6) is 0. The maximum Gasteiger partial charge on any atom is 0.105 e. The van der Waals surface area contributed by atoms with Crippen LogP contribution in [0.5, 0.6) is 0 Å². The molecule has 0 radical (unpaired) electrons. The van der Waals surface area contributed by atoms with Gasteiger partial charge in [-0.2, -0.15) is 0 Å². The molecule has 158 valence electrons. The summed E-state index contributed by atoms with van der Waals surface area (Å²) >= 11 is 1.37. The number of nitrogens with zero attached hydrogens (tertiary/aromatic N) is 2. The highest BCUT2D eigenvalue weighted by atomic mass is 32.1. The van der Waals surface area contributed by atoms with Crippen molar-refractivity contribution in [1.29, 1.82) is 0 Å². The van der Waals surface area contributed by atoms with Crippen LogP contribution in [0.2, 0.25) is 0 Å². The summed E-state index contributed by atoms with van der Waals surface area (Å²) in [6.45, 7) is 8.30. The van der Waals surface area contributed by atoms with Crippen molar-refractivity contribution in [3.63, 3.8) is 0 Å². The Kier molecular flexibility index (Phi) is 6.33. The Labute approximate surface area is 188 Å². The van der Waals surface area contributed by atoms with Crippen molar-refractivity contribution in [1.82, 2.24) is 9.59 Å². The van der Waals surface area contributed by atoms with Gasteiger partial charge in [-0.3, -0.25) is 0 Å². The van der Waals surface area contributed by atoms with Crippen molar-refractivity contribution in [2.24, 2.45) is 0 Å². The van der Waals surface area contributed by atoms with Gasteiger partial charge >= 0.3 is 0 Å². The van der Waals surface area contributed by atoms with Crippen LogP contribution in [0.3, 0.4) is 0 Å². The Morgan fingerprint density at radius 3 is 1.87 bits per heavy atom. The lowest BCUT2D eigenvalue weighted by molar-refractivity contribution is 0.590. The first kappa shape index (κ1) is 21.1. The Morgan fingerprint density at radius 1 is 0.774 bits per heavy atom. The fraction of sp³-hybridized carbons (Fsp3) is 0.231. The molecule has 0 spiro atoms. The molecule has 0 fully saturated rings. The summed E-state index contributed by atoms with van der Waals surface area (Å²) in [4.78, 5) is 0. The summed E-state index contributed by atoms with van der Waals surface area (Å²) in [6.07, 6.45) is 0.